The lowest BCUT2D eigenvalue weighted by molar-refractivity contribution is -0.0509. The fourth-order valence-corrected chi connectivity index (χ4v) is 2.35. The maximum absolute atomic E-state index is 11.3. The Hall–Kier alpha value is -1.88. The van der Waals surface area contributed by atoms with E-state index in [0.717, 1.165) is 0 Å². The number of hydrogen-bond acceptors (Lipinski definition) is 8. The molecule has 0 aromatic carbocycles. The summed E-state index contributed by atoms with van der Waals surface area (Å²) < 4.78 is 5.34. The van der Waals surface area contributed by atoms with Crippen LogP contribution in [0.25, 0.3) is 0 Å². The maximum Gasteiger partial charge on any atom is 0.348 e. The lowest BCUT2D eigenvalue weighted by Gasteiger charge is -2.28. The molecule has 0 saturated carbocycles. The number of fused-ring (bicyclic) bond motifs is 1. The molecule has 10 heteroatoms. The lowest BCUT2D eigenvalue weighted by Crippen LogP contribution is -2.52. The summed E-state index contributed by atoms with van der Waals surface area (Å²) in [5, 5.41) is 38.6. The number of urea groups is 1. The van der Waals surface area contributed by atoms with Gasteiger partial charge in [0, 0.05) is 0 Å². The van der Waals surface area contributed by atoms with Crippen LogP contribution in [0.2, 0.25) is 0 Å². The summed E-state index contributed by atoms with van der Waals surface area (Å²) >= 11 is 0. The summed E-state index contributed by atoms with van der Waals surface area (Å²) in [6.07, 6.45) is -3.21. The smallest absolute Gasteiger partial charge is 0.348 e. The molecular weight excluding hydrogens is 270 g/mol. The van der Waals surface area contributed by atoms with Gasteiger partial charge in [-0.05, 0) is 0 Å². The second-order valence-electron chi connectivity index (χ2n) is 4.62. The van der Waals surface area contributed by atoms with E-state index in [1.54, 1.807) is 0 Å². The van der Waals surface area contributed by atoms with Crippen molar-refractivity contribution < 1.29 is 24.9 Å². The highest BCUT2D eigenvalue weighted by molar-refractivity contribution is 6.23. The predicted octanol–water partition coefficient (Wildman–Crippen LogP) is -2.76. The van der Waals surface area contributed by atoms with Gasteiger partial charge in [-0.3, -0.25) is 20.6 Å². The Morgan fingerprint density at radius 3 is 2.85 bits per heavy atom. The number of amides is 2. The van der Waals surface area contributed by atoms with Crippen LogP contribution in [-0.2, 0) is 4.74 Å². The van der Waals surface area contributed by atoms with Gasteiger partial charge in [-0.2, -0.15) is 4.99 Å². The largest absolute Gasteiger partial charge is 0.394 e. The molecule has 1 fully saturated rings. The van der Waals surface area contributed by atoms with Gasteiger partial charge in [-0.1, -0.05) is 0 Å². The van der Waals surface area contributed by atoms with Gasteiger partial charge in [0.15, 0.2) is 18.1 Å². The number of amidine groups is 2. The van der Waals surface area contributed by atoms with Gasteiger partial charge in [-0.25, -0.2) is 4.79 Å². The third-order valence-corrected chi connectivity index (χ3v) is 3.37. The molecular formula is C10H13N5O5. The Kier molecular flexibility index (Phi) is 3.01. The van der Waals surface area contributed by atoms with E-state index < -0.39 is 43.2 Å². The van der Waals surface area contributed by atoms with E-state index in [0.29, 0.717) is 0 Å². The predicted molar refractivity (Wildman–Crippen MR) is 65.6 cm³/mol. The minimum absolute atomic E-state index is 0.120. The third-order valence-electron chi connectivity index (χ3n) is 3.37. The van der Waals surface area contributed by atoms with Crippen LogP contribution in [0.1, 0.15) is 0 Å². The van der Waals surface area contributed by atoms with Crippen molar-refractivity contribution in [2.24, 2.45) is 9.98 Å². The SMILES string of the molecule is N=C1NC(=O)N=C2C1N=CN2[C@@H]1O[C@H](CO)[C@@H](O)[C@H]1O. The lowest BCUT2D eigenvalue weighted by atomic mass is 10.1. The second-order valence-corrected chi connectivity index (χ2v) is 4.62. The first kappa shape index (κ1) is 13.1. The molecule has 0 spiro atoms. The Morgan fingerprint density at radius 1 is 1.45 bits per heavy atom. The standard InChI is InChI=1S/C10H13N5O5/c11-7-4-8(14-10(19)13-7)15(2-12-4)9-6(18)5(17)3(1-16)20-9/h2-6,9,16-18H,1H2,(H2,11,13,19)/t3-,4?,5-,6-,9-/m1/s1. The Morgan fingerprint density at radius 2 is 2.20 bits per heavy atom. The van der Waals surface area contributed by atoms with Crippen LogP contribution in [0.3, 0.4) is 0 Å². The van der Waals surface area contributed by atoms with Gasteiger partial charge in [0.05, 0.1) is 12.9 Å². The molecule has 10 nitrogen and oxygen atoms in total. The topological polar surface area (TPSA) is 151 Å². The first-order valence-electron chi connectivity index (χ1n) is 5.95. The van der Waals surface area contributed by atoms with Gasteiger partial charge >= 0.3 is 6.03 Å². The summed E-state index contributed by atoms with van der Waals surface area (Å²) in [4.78, 5) is 20.3. The van der Waals surface area contributed by atoms with Crippen LogP contribution in [0.15, 0.2) is 9.98 Å². The molecule has 0 aromatic heterocycles. The Labute approximate surface area is 112 Å². The van der Waals surface area contributed by atoms with E-state index in [1.807, 2.05) is 0 Å². The summed E-state index contributed by atoms with van der Waals surface area (Å²) in [6, 6.07) is -1.46. The van der Waals surface area contributed by atoms with Gasteiger partial charge in [0.2, 0.25) is 0 Å². The number of nitrogens with one attached hydrogen (secondary N) is 2. The van der Waals surface area contributed by atoms with Gasteiger partial charge < -0.3 is 20.1 Å². The first-order valence-corrected chi connectivity index (χ1v) is 5.95. The van der Waals surface area contributed by atoms with Crippen LogP contribution in [-0.4, -0.2) is 81.4 Å². The Bertz CT molecular complexity index is 520. The van der Waals surface area contributed by atoms with E-state index in [1.165, 1.54) is 11.2 Å². The van der Waals surface area contributed by atoms with Crippen molar-refractivity contribution in [3.63, 3.8) is 0 Å². The summed E-state index contributed by atoms with van der Waals surface area (Å²) in [5.74, 6) is 0.0269. The van der Waals surface area contributed by atoms with Crippen molar-refractivity contribution in [2.45, 2.75) is 30.6 Å². The van der Waals surface area contributed by atoms with E-state index in [4.69, 9.17) is 15.3 Å². The van der Waals surface area contributed by atoms with E-state index in [9.17, 15) is 15.0 Å². The van der Waals surface area contributed by atoms with Gasteiger partial charge in [-0.15, -0.1) is 0 Å². The highest BCUT2D eigenvalue weighted by atomic mass is 16.6. The van der Waals surface area contributed by atoms with E-state index in [2.05, 4.69) is 15.3 Å². The molecule has 2 amide bonds. The number of nitrogens with zero attached hydrogens (tertiary/aromatic N) is 3. The fourth-order valence-electron chi connectivity index (χ4n) is 2.35. The number of hydrogen-bond donors (Lipinski definition) is 5. The number of ether oxygens (including phenoxy) is 1. The van der Waals surface area contributed by atoms with Crippen LogP contribution in [0, 0.1) is 5.41 Å². The maximum atomic E-state index is 11.3. The minimum atomic E-state index is -1.29. The van der Waals surface area contributed by atoms with Gasteiger partial charge in [0.25, 0.3) is 0 Å². The average Bonchev–Trinajstić information content (AvgIpc) is 2.93. The van der Waals surface area contributed by atoms with Gasteiger partial charge in [0.1, 0.15) is 24.1 Å². The summed E-state index contributed by atoms with van der Waals surface area (Å²) in [6.45, 7) is -0.452. The molecule has 0 aliphatic carbocycles. The number of aliphatic imine (C=N–C) groups is 2. The minimum Gasteiger partial charge on any atom is -0.394 e. The number of rotatable bonds is 2. The van der Waals surface area contributed by atoms with Crippen LogP contribution in [0.5, 0.6) is 0 Å². The molecule has 3 aliphatic rings. The quantitative estimate of drug-likeness (QED) is 0.370. The third kappa shape index (κ3) is 1.81. The van der Waals surface area contributed by atoms with Crippen molar-refractivity contribution >= 4 is 24.0 Å². The molecule has 1 saturated heterocycles. The molecule has 108 valence electrons. The Balaban J connectivity index is 1.87. The molecule has 0 aromatic rings. The molecule has 5 atom stereocenters. The van der Waals surface area contributed by atoms with Crippen molar-refractivity contribution in [1.82, 2.24) is 10.2 Å². The zero-order chi connectivity index (χ0) is 14.4. The molecule has 5 N–H and O–H groups in total. The summed E-state index contributed by atoms with van der Waals surface area (Å²) in [7, 11) is 0. The molecule has 1 unspecified atom stereocenters. The average molecular weight is 283 g/mol. The number of carbonyl (C=O) groups excluding carboxylic acids is 1. The van der Waals surface area contributed by atoms with E-state index >= 15 is 0 Å². The fraction of sp³-hybridized carbons (Fsp3) is 0.600. The number of aliphatic hydroxyl groups excluding tert-OH is 3. The number of carbonyl (C=O) groups is 1. The molecule has 0 bridgehead atoms. The highest BCUT2D eigenvalue weighted by Crippen LogP contribution is 2.26. The highest BCUT2D eigenvalue weighted by Gasteiger charge is 2.49. The molecule has 20 heavy (non-hydrogen) atoms. The van der Waals surface area contributed by atoms with Crippen molar-refractivity contribution in [2.75, 3.05) is 6.61 Å². The first-order chi connectivity index (χ1) is 9.52. The molecule has 3 aliphatic heterocycles. The summed E-state index contributed by atoms with van der Waals surface area (Å²) in [5.41, 5.74) is 0. The van der Waals surface area contributed by atoms with Crippen molar-refractivity contribution in [3.8, 4) is 0 Å². The zero-order valence-electron chi connectivity index (χ0n) is 10.2. The van der Waals surface area contributed by atoms with E-state index in [-0.39, 0.29) is 11.7 Å². The van der Waals surface area contributed by atoms with Crippen LogP contribution in [0.4, 0.5) is 4.79 Å². The molecule has 3 heterocycles. The molecule has 0 radical (unpaired) electrons. The zero-order valence-corrected chi connectivity index (χ0v) is 10.2. The van der Waals surface area contributed by atoms with Crippen LogP contribution < -0.4 is 5.32 Å². The second kappa shape index (κ2) is 4.59. The van der Waals surface area contributed by atoms with Crippen molar-refractivity contribution in [3.05, 3.63) is 0 Å². The molecule has 3 rings (SSSR count). The van der Waals surface area contributed by atoms with Crippen LogP contribution >= 0.6 is 0 Å². The van der Waals surface area contributed by atoms with Crippen molar-refractivity contribution in [1.29, 1.82) is 5.41 Å². The monoisotopic (exact) mass is 283 g/mol. The number of aliphatic hydroxyl groups is 3. The normalized spacial score (nSPS) is 39.9.